The highest BCUT2D eigenvalue weighted by Crippen LogP contribution is 2.71. The zero-order valence-electron chi connectivity index (χ0n) is 17.8. The smallest absolute Gasteiger partial charge is 0.224 e. The lowest BCUT2D eigenvalue weighted by Gasteiger charge is -2.24. The van der Waals surface area contributed by atoms with Gasteiger partial charge in [0.2, 0.25) is 5.28 Å². The fourth-order valence-electron chi connectivity index (χ4n) is 5.63. The van der Waals surface area contributed by atoms with Gasteiger partial charge in [-0.2, -0.15) is 4.98 Å². The Morgan fingerprint density at radius 2 is 2.00 bits per heavy atom. The molecule has 8 heteroatoms. The van der Waals surface area contributed by atoms with Gasteiger partial charge in [-0.15, -0.1) is 0 Å². The predicted molar refractivity (Wildman–Crippen MR) is 115 cm³/mol. The number of imidazole rings is 1. The highest BCUT2D eigenvalue weighted by atomic mass is 35.5. The lowest BCUT2D eigenvalue weighted by molar-refractivity contribution is -0.164. The van der Waals surface area contributed by atoms with Crippen LogP contribution in [0.15, 0.2) is 36.7 Å². The van der Waals surface area contributed by atoms with E-state index in [2.05, 4.69) is 31.7 Å². The monoisotopic (exact) mass is 440 g/mol. The summed E-state index contributed by atoms with van der Waals surface area (Å²) in [6, 6.07) is 10.3. The molecule has 1 aliphatic heterocycles. The van der Waals surface area contributed by atoms with Crippen LogP contribution < -0.4 is 0 Å². The number of aryl methyl sites for hydroxylation is 1. The van der Waals surface area contributed by atoms with E-state index in [1.165, 1.54) is 5.56 Å². The van der Waals surface area contributed by atoms with Gasteiger partial charge in [0, 0.05) is 5.41 Å². The van der Waals surface area contributed by atoms with Crippen molar-refractivity contribution >= 4 is 22.8 Å². The first-order valence-corrected chi connectivity index (χ1v) is 11.1. The van der Waals surface area contributed by atoms with Gasteiger partial charge in [-0.1, -0.05) is 30.3 Å². The number of rotatable bonds is 5. The predicted octanol–water partition coefficient (Wildman–Crippen LogP) is 4.09. The number of benzene rings is 1. The quantitative estimate of drug-likeness (QED) is 0.556. The Bertz CT molecular complexity index is 1150. The number of fused-ring (bicyclic) bond motifs is 4. The molecule has 1 saturated heterocycles. The van der Waals surface area contributed by atoms with E-state index >= 15 is 0 Å². The van der Waals surface area contributed by atoms with E-state index in [1.807, 2.05) is 45.3 Å². The van der Waals surface area contributed by atoms with Crippen LogP contribution in [0.5, 0.6) is 0 Å². The maximum absolute atomic E-state index is 6.43. The van der Waals surface area contributed by atoms with E-state index in [9.17, 15) is 0 Å². The molecule has 3 aromatic rings. The Morgan fingerprint density at radius 1 is 1.19 bits per heavy atom. The molecular weight excluding hydrogens is 416 g/mol. The van der Waals surface area contributed by atoms with Crippen molar-refractivity contribution in [3.05, 3.63) is 53.2 Å². The van der Waals surface area contributed by atoms with Crippen molar-refractivity contribution in [3.63, 3.8) is 0 Å². The van der Waals surface area contributed by atoms with Crippen LogP contribution >= 0.6 is 11.6 Å². The summed E-state index contributed by atoms with van der Waals surface area (Å²) in [6.45, 7) is 7.10. The fraction of sp³-hybridized carbons (Fsp3) is 0.522. The molecule has 1 unspecified atom stereocenters. The summed E-state index contributed by atoms with van der Waals surface area (Å²) in [5.41, 5.74) is 3.43. The van der Waals surface area contributed by atoms with E-state index in [1.54, 1.807) is 0 Å². The normalized spacial score (nSPS) is 32.9. The summed E-state index contributed by atoms with van der Waals surface area (Å²) in [6.07, 6.45) is 2.77. The van der Waals surface area contributed by atoms with Crippen molar-refractivity contribution in [3.8, 4) is 0 Å². The Balaban J connectivity index is 1.32. The minimum absolute atomic E-state index is 0.0240. The lowest BCUT2D eigenvalue weighted by atomic mass is 10.0. The van der Waals surface area contributed by atoms with Crippen LogP contribution in [0, 0.1) is 18.3 Å². The highest BCUT2D eigenvalue weighted by Gasteiger charge is 2.76. The molecule has 2 aliphatic carbocycles. The standard InChI is InChI=1S/C23H25ClN4O3/c1-13-16-20(27-21(24)26-13)28(12-25-16)17-15-9-23(15,19-18(17)30-22(2,3)31-19)11-29-10-14-7-5-4-6-8-14/h4-8,12,15,17-19H,9-11H2,1-3H3/t15-,17-,18+,19+,23?/m1/s1. The minimum Gasteiger partial charge on any atom is -0.376 e. The van der Waals surface area contributed by atoms with Crippen molar-refractivity contribution in [2.75, 3.05) is 6.61 Å². The Hall–Kier alpha value is -2.06. The van der Waals surface area contributed by atoms with Crippen LogP contribution in [0.4, 0.5) is 0 Å². The summed E-state index contributed by atoms with van der Waals surface area (Å²) < 4.78 is 21.2. The van der Waals surface area contributed by atoms with Gasteiger partial charge in [0.15, 0.2) is 11.4 Å². The van der Waals surface area contributed by atoms with Crippen LogP contribution in [-0.2, 0) is 20.8 Å². The molecular formula is C23H25ClN4O3. The van der Waals surface area contributed by atoms with Gasteiger partial charge >= 0.3 is 0 Å². The third-order valence-electron chi connectivity index (χ3n) is 6.99. The molecule has 6 rings (SSSR count). The molecule has 31 heavy (non-hydrogen) atoms. The van der Waals surface area contributed by atoms with E-state index in [0.717, 1.165) is 23.3 Å². The van der Waals surface area contributed by atoms with Gasteiger partial charge < -0.3 is 18.8 Å². The second-order valence-electron chi connectivity index (χ2n) is 9.44. The first-order valence-electron chi connectivity index (χ1n) is 10.7. The van der Waals surface area contributed by atoms with Crippen molar-refractivity contribution in [2.45, 2.75) is 57.8 Å². The zero-order valence-corrected chi connectivity index (χ0v) is 18.5. The van der Waals surface area contributed by atoms with Crippen LogP contribution in [0.25, 0.3) is 11.2 Å². The largest absolute Gasteiger partial charge is 0.376 e. The molecule has 3 aliphatic rings. The average molecular weight is 441 g/mol. The summed E-state index contributed by atoms with van der Waals surface area (Å²) >= 11 is 6.18. The van der Waals surface area contributed by atoms with E-state index < -0.39 is 5.79 Å². The molecule has 162 valence electrons. The van der Waals surface area contributed by atoms with Gasteiger partial charge in [0.05, 0.1) is 37.4 Å². The molecule has 0 spiro atoms. The fourth-order valence-corrected chi connectivity index (χ4v) is 5.83. The summed E-state index contributed by atoms with van der Waals surface area (Å²) in [5.74, 6) is -0.257. The molecule has 7 nitrogen and oxygen atoms in total. The number of halogens is 1. The van der Waals surface area contributed by atoms with E-state index in [0.29, 0.717) is 19.1 Å². The van der Waals surface area contributed by atoms with Crippen molar-refractivity contribution in [1.29, 1.82) is 0 Å². The maximum Gasteiger partial charge on any atom is 0.224 e. The summed E-state index contributed by atoms with van der Waals surface area (Å²) in [5, 5.41) is 0.235. The number of hydrogen-bond donors (Lipinski definition) is 0. The third-order valence-corrected chi connectivity index (χ3v) is 7.16. The van der Waals surface area contributed by atoms with Crippen LogP contribution in [0.3, 0.4) is 0 Å². The molecule has 5 atom stereocenters. The molecule has 2 aromatic heterocycles. The molecule has 0 amide bonds. The SMILES string of the molecule is Cc1nc(Cl)nc2c1ncn2[C@H]1[C@@H]2OC(C)(C)O[C@@H]2C2(COCc3ccccc3)C[C@H]12. The molecule has 1 aromatic carbocycles. The maximum atomic E-state index is 6.43. The number of aromatic nitrogens is 4. The van der Waals surface area contributed by atoms with Gasteiger partial charge in [-0.25, -0.2) is 9.97 Å². The van der Waals surface area contributed by atoms with Crippen LogP contribution in [0.1, 0.15) is 37.6 Å². The topological polar surface area (TPSA) is 71.3 Å². The van der Waals surface area contributed by atoms with Gasteiger partial charge in [0.25, 0.3) is 0 Å². The van der Waals surface area contributed by atoms with E-state index in [-0.39, 0.29) is 28.9 Å². The highest BCUT2D eigenvalue weighted by molar-refractivity contribution is 6.28. The van der Waals surface area contributed by atoms with Gasteiger partial charge in [0.1, 0.15) is 11.6 Å². The van der Waals surface area contributed by atoms with Crippen LogP contribution in [0.2, 0.25) is 5.28 Å². The lowest BCUT2D eigenvalue weighted by Crippen LogP contribution is -2.33. The zero-order chi connectivity index (χ0) is 21.4. The second kappa shape index (κ2) is 6.72. The first-order chi connectivity index (χ1) is 14.9. The molecule has 0 N–H and O–H groups in total. The molecule has 2 saturated carbocycles. The Kier molecular flexibility index (Phi) is 4.25. The second-order valence-corrected chi connectivity index (χ2v) is 9.77. The number of nitrogens with zero attached hydrogens (tertiary/aromatic N) is 4. The summed E-state index contributed by atoms with van der Waals surface area (Å²) in [4.78, 5) is 13.3. The van der Waals surface area contributed by atoms with E-state index in [4.69, 9.17) is 25.8 Å². The molecule has 0 bridgehead atoms. The average Bonchev–Trinajstić information content (AvgIpc) is 2.98. The molecule has 3 heterocycles. The minimum atomic E-state index is -0.632. The van der Waals surface area contributed by atoms with Crippen molar-refractivity contribution in [2.24, 2.45) is 11.3 Å². The molecule has 0 radical (unpaired) electrons. The van der Waals surface area contributed by atoms with Crippen LogP contribution in [-0.4, -0.2) is 44.1 Å². The number of ether oxygens (including phenoxy) is 3. The molecule has 3 fully saturated rings. The summed E-state index contributed by atoms with van der Waals surface area (Å²) in [7, 11) is 0. The van der Waals surface area contributed by atoms with Crippen molar-refractivity contribution < 1.29 is 14.2 Å². The van der Waals surface area contributed by atoms with Gasteiger partial charge in [-0.3, -0.25) is 0 Å². The van der Waals surface area contributed by atoms with Gasteiger partial charge in [-0.05, 0) is 50.3 Å². The number of hydrogen-bond acceptors (Lipinski definition) is 6. The Morgan fingerprint density at radius 3 is 2.81 bits per heavy atom. The van der Waals surface area contributed by atoms with Crippen molar-refractivity contribution in [1.82, 2.24) is 19.5 Å². The first kappa shape index (κ1) is 19.6. The Labute approximate surface area is 185 Å². The third kappa shape index (κ3) is 3.02.